The van der Waals surface area contributed by atoms with Gasteiger partial charge < -0.3 is 14.7 Å². The molecule has 0 aliphatic carbocycles. The number of rotatable bonds is 7. The van der Waals surface area contributed by atoms with Crippen molar-refractivity contribution >= 4 is 17.3 Å². The monoisotopic (exact) mass is 350 g/mol. The van der Waals surface area contributed by atoms with E-state index < -0.39 is 11.7 Å². The minimum absolute atomic E-state index is 0.267. The van der Waals surface area contributed by atoms with Crippen LogP contribution in [0.5, 0.6) is 0 Å². The highest BCUT2D eigenvalue weighted by atomic mass is 35.5. The van der Waals surface area contributed by atoms with Gasteiger partial charge in [-0.1, -0.05) is 30.5 Å². The summed E-state index contributed by atoms with van der Waals surface area (Å²) < 4.78 is 5.70. The molecule has 0 unspecified atom stereocenters. The van der Waals surface area contributed by atoms with Crippen molar-refractivity contribution < 1.29 is 9.84 Å². The zero-order valence-corrected chi connectivity index (χ0v) is 15.3. The van der Waals surface area contributed by atoms with Crippen LogP contribution in [0.2, 0.25) is 5.02 Å². The van der Waals surface area contributed by atoms with Crippen molar-refractivity contribution in [3.8, 4) is 12.3 Å². The SMILES string of the molecule is C#C[C@](C)(CC)OC[C@H](O)CN1CCN(c2cccc(Cl)c2)CC1. The lowest BCUT2D eigenvalue weighted by atomic mass is 10.1. The maximum Gasteiger partial charge on any atom is 0.125 e. The zero-order chi connectivity index (χ0) is 17.6. The van der Waals surface area contributed by atoms with Gasteiger partial charge in [-0.05, 0) is 31.5 Å². The minimum Gasteiger partial charge on any atom is -0.389 e. The van der Waals surface area contributed by atoms with Gasteiger partial charge in [0, 0.05) is 43.4 Å². The first-order valence-electron chi connectivity index (χ1n) is 8.48. The molecule has 0 amide bonds. The molecule has 0 spiro atoms. The van der Waals surface area contributed by atoms with Crippen molar-refractivity contribution in [3.05, 3.63) is 29.3 Å². The van der Waals surface area contributed by atoms with E-state index in [-0.39, 0.29) is 6.61 Å². The van der Waals surface area contributed by atoms with Crippen molar-refractivity contribution in [1.82, 2.24) is 4.90 Å². The average Bonchev–Trinajstić information content (AvgIpc) is 2.60. The fraction of sp³-hybridized carbons (Fsp3) is 0.579. The smallest absolute Gasteiger partial charge is 0.125 e. The number of nitrogens with zero attached hydrogens (tertiary/aromatic N) is 2. The van der Waals surface area contributed by atoms with E-state index in [0.717, 1.165) is 43.3 Å². The van der Waals surface area contributed by atoms with Gasteiger partial charge in [0.2, 0.25) is 0 Å². The van der Waals surface area contributed by atoms with Crippen LogP contribution in [0.4, 0.5) is 5.69 Å². The molecule has 132 valence electrons. The van der Waals surface area contributed by atoms with Gasteiger partial charge in [-0.25, -0.2) is 0 Å². The minimum atomic E-state index is -0.591. The quantitative estimate of drug-likeness (QED) is 0.767. The molecule has 5 heteroatoms. The van der Waals surface area contributed by atoms with E-state index in [1.807, 2.05) is 32.0 Å². The van der Waals surface area contributed by atoms with E-state index in [9.17, 15) is 5.11 Å². The predicted molar refractivity (Wildman–Crippen MR) is 99.6 cm³/mol. The Bertz CT molecular complexity index is 567. The number of benzene rings is 1. The van der Waals surface area contributed by atoms with Crippen molar-refractivity contribution in [2.75, 3.05) is 44.2 Å². The maximum absolute atomic E-state index is 10.2. The summed E-state index contributed by atoms with van der Waals surface area (Å²) in [5, 5.41) is 11.0. The first-order chi connectivity index (χ1) is 11.5. The number of aliphatic hydroxyl groups excluding tert-OH is 1. The summed E-state index contributed by atoms with van der Waals surface area (Å²) in [5.41, 5.74) is 0.561. The lowest BCUT2D eigenvalue weighted by molar-refractivity contribution is -0.0473. The molecule has 0 radical (unpaired) electrons. The van der Waals surface area contributed by atoms with E-state index in [0.29, 0.717) is 6.54 Å². The van der Waals surface area contributed by atoms with Crippen molar-refractivity contribution in [3.63, 3.8) is 0 Å². The van der Waals surface area contributed by atoms with Gasteiger partial charge in [0.15, 0.2) is 0 Å². The van der Waals surface area contributed by atoms with Crippen molar-refractivity contribution in [2.45, 2.75) is 32.0 Å². The van der Waals surface area contributed by atoms with Crippen LogP contribution in [-0.2, 0) is 4.74 Å². The molecule has 1 N–H and O–H groups in total. The summed E-state index contributed by atoms with van der Waals surface area (Å²) in [5.74, 6) is 2.65. The highest BCUT2D eigenvalue weighted by Gasteiger charge is 2.23. The van der Waals surface area contributed by atoms with Gasteiger partial charge in [-0.3, -0.25) is 4.90 Å². The third-order valence-electron chi connectivity index (χ3n) is 4.59. The number of terminal acetylenes is 1. The first-order valence-corrected chi connectivity index (χ1v) is 8.86. The van der Waals surface area contributed by atoms with E-state index in [1.54, 1.807) is 0 Å². The van der Waals surface area contributed by atoms with Gasteiger partial charge >= 0.3 is 0 Å². The number of piperazine rings is 1. The second-order valence-electron chi connectivity index (χ2n) is 6.46. The normalized spacial score (nSPS) is 19.5. The van der Waals surface area contributed by atoms with E-state index in [4.69, 9.17) is 22.8 Å². The fourth-order valence-electron chi connectivity index (χ4n) is 2.74. The molecule has 2 rings (SSSR count). The lowest BCUT2D eigenvalue weighted by Gasteiger charge is -2.37. The lowest BCUT2D eigenvalue weighted by Crippen LogP contribution is -2.49. The van der Waals surface area contributed by atoms with Crippen LogP contribution in [0.25, 0.3) is 0 Å². The van der Waals surface area contributed by atoms with Gasteiger partial charge in [-0.2, -0.15) is 0 Å². The molecule has 0 bridgehead atoms. The summed E-state index contributed by atoms with van der Waals surface area (Å²) in [7, 11) is 0. The number of halogens is 1. The Kier molecular flexibility index (Phi) is 6.94. The molecule has 2 atom stereocenters. The standard InChI is InChI=1S/C19H27ClN2O2/c1-4-19(3,5-2)24-15-18(23)14-21-9-11-22(12-10-21)17-8-6-7-16(20)13-17/h1,6-8,13,18,23H,5,9-12,14-15H2,2-3H3/t18-,19-/m1/s1. The van der Waals surface area contributed by atoms with E-state index in [1.165, 1.54) is 0 Å². The summed E-state index contributed by atoms with van der Waals surface area (Å²) in [6.07, 6.45) is 5.69. The third kappa shape index (κ3) is 5.39. The Balaban J connectivity index is 1.76. The molecule has 0 aromatic heterocycles. The molecule has 1 aromatic rings. The Labute approximate surface area is 150 Å². The molecular formula is C19H27ClN2O2. The molecule has 1 aromatic carbocycles. The molecular weight excluding hydrogens is 324 g/mol. The number of ether oxygens (including phenoxy) is 1. The molecule has 24 heavy (non-hydrogen) atoms. The number of β-amino-alcohol motifs (C(OH)–C–C–N with tert-alkyl or cyclic N) is 1. The van der Waals surface area contributed by atoms with Crippen molar-refractivity contribution in [2.24, 2.45) is 0 Å². The Morgan fingerprint density at radius 2 is 2.08 bits per heavy atom. The first kappa shape index (κ1) is 19.1. The van der Waals surface area contributed by atoms with Gasteiger partial charge in [0.25, 0.3) is 0 Å². The second-order valence-corrected chi connectivity index (χ2v) is 6.90. The van der Waals surface area contributed by atoms with Gasteiger partial charge in [0.05, 0.1) is 12.7 Å². The summed E-state index contributed by atoms with van der Waals surface area (Å²) >= 11 is 6.06. The van der Waals surface area contributed by atoms with Crippen LogP contribution in [0.3, 0.4) is 0 Å². The van der Waals surface area contributed by atoms with Crippen molar-refractivity contribution in [1.29, 1.82) is 0 Å². The molecule has 1 saturated heterocycles. The number of hydrogen-bond donors (Lipinski definition) is 1. The number of aliphatic hydroxyl groups is 1. The summed E-state index contributed by atoms with van der Waals surface area (Å²) in [4.78, 5) is 4.58. The second kappa shape index (κ2) is 8.73. The van der Waals surface area contributed by atoms with E-state index in [2.05, 4.69) is 21.8 Å². The molecule has 1 aliphatic rings. The van der Waals surface area contributed by atoms with E-state index >= 15 is 0 Å². The van der Waals surface area contributed by atoms with Gasteiger partial charge in [0.1, 0.15) is 5.60 Å². The molecule has 1 heterocycles. The average molecular weight is 351 g/mol. The Morgan fingerprint density at radius 1 is 1.38 bits per heavy atom. The van der Waals surface area contributed by atoms with Crippen LogP contribution >= 0.6 is 11.6 Å². The zero-order valence-electron chi connectivity index (χ0n) is 14.5. The summed E-state index contributed by atoms with van der Waals surface area (Å²) in [6.45, 7) is 8.39. The van der Waals surface area contributed by atoms with Crippen LogP contribution < -0.4 is 4.90 Å². The van der Waals surface area contributed by atoms with Crippen LogP contribution in [0.1, 0.15) is 20.3 Å². The van der Waals surface area contributed by atoms with Crippen LogP contribution in [0.15, 0.2) is 24.3 Å². The number of hydrogen-bond acceptors (Lipinski definition) is 4. The molecule has 1 aliphatic heterocycles. The predicted octanol–water partition coefficient (Wildman–Crippen LogP) is 2.64. The highest BCUT2D eigenvalue weighted by molar-refractivity contribution is 6.30. The van der Waals surface area contributed by atoms with Crippen LogP contribution in [-0.4, -0.2) is 61.0 Å². The van der Waals surface area contributed by atoms with Crippen LogP contribution in [0, 0.1) is 12.3 Å². The Morgan fingerprint density at radius 3 is 2.67 bits per heavy atom. The highest BCUT2D eigenvalue weighted by Crippen LogP contribution is 2.21. The largest absolute Gasteiger partial charge is 0.389 e. The topological polar surface area (TPSA) is 35.9 Å². The Hall–Kier alpha value is -1.25. The fourth-order valence-corrected chi connectivity index (χ4v) is 2.92. The molecule has 0 saturated carbocycles. The maximum atomic E-state index is 10.2. The molecule has 1 fully saturated rings. The third-order valence-corrected chi connectivity index (χ3v) is 4.82. The summed E-state index contributed by atoms with van der Waals surface area (Å²) in [6, 6.07) is 7.93. The number of anilines is 1. The molecule has 4 nitrogen and oxygen atoms in total. The van der Waals surface area contributed by atoms with Gasteiger partial charge in [-0.15, -0.1) is 6.42 Å².